The number of nitrogens with one attached hydrogen (secondary N) is 1. The zero-order valence-electron chi connectivity index (χ0n) is 32.3. The zero-order valence-corrected chi connectivity index (χ0v) is 32.3. The third-order valence-electron chi connectivity index (χ3n) is 10.9. The van der Waals surface area contributed by atoms with Crippen LogP contribution < -0.4 is 9.80 Å². The van der Waals surface area contributed by atoms with Crippen molar-refractivity contribution in [2.24, 2.45) is 0 Å². The molecule has 7 aromatic rings. The highest BCUT2D eigenvalue weighted by Gasteiger charge is 2.36. The molecule has 0 amide bonds. The predicted octanol–water partition coefficient (Wildman–Crippen LogP) is 14.4. The summed E-state index contributed by atoms with van der Waals surface area (Å²) in [7, 11) is 0. The van der Waals surface area contributed by atoms with E-state index in [2.05, 4.69) is 214 Å². The smallest absolute Gasteiger partial charge is 0.0465 e. The lowest BCUT2D eigenvalue weighted by Gasteiger charge is -2.28. The molecule has 8 rings (SSSR count). The van der Waals surface area contributed by atoms with Gasteiger partial charge in [-0.2, -0.15) is 0 Å². The van der Waals surface area contributed by atoms with Crippen LogP contribution in [0.5, 0.6) is 0 Å². The minimum absolute atomic E-state index is 0.0814. The lowest BCUT2D eigenvalue weighted by atomic mass is 9.81. The van der Waals surface area contributed by atoms with Gasteiger partial charge in [-0.25, -0.2) is 0 Å². The number of hydrogen-bond acceptors (Lipinski definition) is 3. The Labute approximate surface area is 326 Å². The molecule has 270 valence electrons. The molecule has 55 heavy (non-hydrogen) atoms. The van der Waals surface area contributed by atoms with Crippen molar-refractivity contribution in [2.75, 3.05) is 9.80 Å². The average Bonchev–Trinajstić information content (AvgIpc) is 3.43. The van der Waals surface area contributed by atoms with Gasteiger partial charge in [-0.1, -0.05) is 144 Å². The van der Waals surface area contributed by atoms with Crippen LogP contribution in [0.25, 0.3) is 23.3 Å². The van der Waals surface area contributed by atoms with Crippen molar-refractivity contribution >= 4 is 52.5 Å². The van der Waals surface area contributed by atoms with Gasteiger partial charge in [-0.3, -0.25) is 0 Å². The first-order valence-corrected chi connectivity index (χ1v) is 19.1. The maximum Gasteiger partial charge on any atom is 0.0465 e. The van der Waals surface area contributed by atoms with E-state index < -0.39 is 0 Å². The van der Waals surface area contributed by atoms with E-state index in [9.17, 15) is 0 Å². The lowest BCUT2D eigenvalue weighted by Crippen LogP contribution is -2.16. The van der Waals surface area contributed by atoms with Gasteiger partial charge in [0, 0.05) is 45.8 Å². The SMILES string of the molecule is CC(C)(C)c1ccc(N(c2ccc(C=N)cc2)c2ccc(/C=C/c3ccc4c(c3)C(C)(C)c3cc(N(c5ccccc5)c5ccccc5)ccc3-4)cc2)cc1. The fourth-order valence-electron chi connectivity index (χ4n) is 7.79. The summed E-state index contributed by atoms with van der Waals surface area (Å²) in [4.78, 5) is 4.62. The number of hydrogen-bond donors (Lipinski definition) is 1. The fraction of sp³-hybridized carbons (Fsp3) is 0.135. The molecule has 0 unspecified atom stereocenters. The molecule has 0 heterocycles. The highest BCUT2D eigenvalue weighted by Crippen LogP contribution is 2.51. The van der Waals surface area contributed by atoms with Crippen LogP contribution in [0, 0.1) is 5.41 Å². The van der Waals surface area contributed by atoms with Gasteiger partial charge in [0.25, 0.3) is 0 Å². The summed E-state index contributed by atoms with van der Waals surface area (Å²) in [5.41, 5.74) is 16.4. The van der Waals surface area contributed by atoms with Gasteiger partial charge in [-0.15, -0.1) is 0 Å². The summed E-state index contributed by atoms with van der Waals surface area (Å²) in [5.74, 6) is 0. The third kappa shape index (κ3) is 7.02. The largest absolute Gasteiger partial charge is 0.311 e. The highest BCUT2D eigenvalue weighted by molar-refractivity contribution is 5.87. The van der Waals surface area contributed by atoms with Gasteiger partial charge in [0.15, 0.2) is 0 Å². The minimum atomic E-state index is -0.156. The van der Waals surface area contributed by atoms with Crippen molar-refractivity contribution in [1.82, 2.24) is 0 Å². The Morgan fingerprint density at radius 2 is 0.836 bits per heavy atom. The summed E-state index contributed by atoms with van der Waals surface area (Å²) in [6.07, 6.45) is 5.82. The maximum absolute atomic E-state index is 7.67. The van der Waals surface area contributed by atoms with E-state index in [0.29, 0.717) is 0 Å². The Hall–Kier alpha value is -6.45. The molecular weight excluding hydrogens is 667 g/mol. The van der Waals surface area contributed by atoms with Crippen LogP contribution >= 0.6 is 0 Å². The topological polar surface area (TPSA) is 30.3 Å². The number of benzene rings is 7. The second kappa shape index (κ2) is 14.4. The Balaban J connectivity index is 1.06. The van der Waals surface area contributed by atoms with E-state index in [-0.39, 0.29) is 10.8 Å². The normalized spacial score (nSPS) is 13.0. The van der Waals surface area contributed by atoms with E-state index in [0.717, 1.165) is 45.3 Å². The molecule has 0 radical (unpaired) electrons. The quantitative estimate of drug-likeness (QED) is 0.119. The third-order valence-corrected chi connectivity index (χ3v) is 10.9. The molecule has 0 fully saturated rings. The monoisotopic (exact) mass is 713 g/mol. The molecule has 0 aliphatic heterocycles. The van der Waals surface area contributed by atoms with Crippen molar-refractivity contribution in [3.8, 4) is 11.1 Å². The molecule has 1 aliphatic rings. The first-order valence-electron chi connectivity index (χ1n) is 19.1. The number of anilines is 6. The number of nitrogens with zero attached hydrogens (tertiary/aromatic N) is 2. The van der Waals surface area contributed by atoms with E-state index in [1.54, 1.807) is 0 Å². The number of rotatable bonds is 9. The minimum Gasteiger partial charge on any atom is -0.311 e. The Kier molecular flexibility index (Phi) is 9.32. The van der Waals surface area contributed by atoms with Crippen molar-refractivity contribution in [3.05, 3.63) is 203 Å². The van der Waals surface area contributed by atoms with Crippen molar-refractivity contribution in [1.29, 1.82) is 5.41 Å². The van der Waals surface area contributed by atoms with Crippen molar-refractivity contribution in [3.63, 3.8) is 0 Å². The molecule has 0 atom stereocenters. The van der Waals surface area contributed by atoms with Crippen molar-refractivity contribution < 1.29 is 0 Å². The van der Waals surface area contributed by atoms with Crippen LogP contribution in [-0.2, 0) is 10.8 Å². The van der Waals surface area contributed by atoms with Crippen LogP contribution in [0.4, 0.5) is 34.1 Å². The number of fused-ring (bicyclic) bond motifs is 3. The molecule has 1 aliphatic carbocycles. The second-order valence-corrected chi connectivity index (χ2v) is 16.0. The first kappa shape index (κ1) is 35.6. The molecule has 0 spiro atoms. The van der Waals surface area contributed by atoms with Gasteiger partial charge >= 0.3 is 0 Å². The van der Waals surface area contributed by atoms with Crippen molar-refractivity contribution in [2.45, 2.75) is 45.4 Å². The van der Waals surface area contributed by atoms with E-state index in [1.807, 2.05) is 12.1 Å². The van der Waals surface area contributed by atoms with Crippen LogP contribution in [-0.4, -0.2) is 6.21 Å². The van der Waals surface area contributed by atoms with Gasteiger partial charge in [0.2, 0.25) is 0 Å². The molecule has 0 saturated heterocycles. The van der Waals surface area contributed by atoms with Crippen LogP contribution in [0.1, 0.15) is 68.0 Å². The maximum atomic E-state index is 7.67. The summed E-state index contributed by atoms with van der Waals surface area (Å²) in [6.45, 7) is 11.4. The summed E-state index contributed by atoms with van der Waals surface area (Å²) < 4.78 is 0. The van der Waals surface area contributed by atoms with Gasteiger partial charge in [0.1, 0.15) is 0 Å². The predicted molar refractivity (Wildman–Crippen MR) is 235 cm³/mol. The molecule has 0 aromatic heterocycles. The molecule has 0 bridgehead atoms. The fourth-order valence-corrected chi connectivity index (χ4v) is 7.79. The Bertz CT molecular complexity index is 2430. The summed E-state index contributed by atoms with van der Waals surface area (Å²) in [6, 6.07) is 60.9. The molecule has 1 N–H and O–H groups in total. The second-order valence-electron chi connectivity index (χ2n) is 16.0. The number of para-hydroxylation sites is 2. The van der Waals surface area contributed by atoms with E-state index >= 15 is 0 Å². The summed E-state index contributed by atoms with van der Waals surface area (Å²) in [5, 5.41) is 7.67. The van der Waals surface area contributed by atoms with Gasteiger partial charge < -0.3 is 15.2 Å². The van der Waals surface area contributed by atoms with Gasteiger partial charge in [0.05, 0.1) is 0 Å². The van der Waals surface area contributed by atoms with Gasteiger partial charge in [-0.05, 0) is 123 Å². The molecule has 3 heteroatoms. The van der Waals surface area contributed by atoms with E-state index in [1.165, 1.54) is 39.6 Å². The molecule has 0 saturated carbocycles. The molecular formula is C52H47N3. The summed E-state index contributed by atoms with van der Waals surface area (Å²) >= 11 is 0. The van der Waals surface area contributed by atoms with Crippen LogP contribution in [0.3, 0.4) is 0 Å². The molecule has 7 aromatic carbocycles. The Morgan fingerprint density at radius 3 is 1.36 bits per heavy atom. The zero-order chi connectivity index (χ0) is 38.2. The first-order chi connectivity index (χ1) is 26.6. The lowest BCUT2D eigenvalue weighted by molar-refractivity contribution is 0.590. The highest BCUT2D eigenvalue weighted by atomic mass is 15.1. The standard InChI is InChI=1S/C52H47N3/c1-51(2,3)40-23-29-45(30-24-40)54(44-27-20-39(36-53)21-28-44)43-25-18-37(19-26-43)16-17-38-22-32-47-48-33-31-46(35-50(48)52(4,5)49(47)34-38)55(41-12-8-6-9-13-41)42-14-10-7-11-15-42/h6-36,53H,1-5H3/b17-16+,53-36?. The average molecular weight is 714 g/mol. The molecule has 3 nitrogen and oxygen atoms in total. The van der Waals surface area contributed by atoms with Crippen LogP contribution in [0.15, 0.2) is 170 Å². The van der Waals surface area contributed by atoms with Crippen LogP contribution in [0.2, 0.25) is 0 Å². The van der Waals surface area contributed by atoms with E-state index in [4.69, 9.17) is 5.41 Å². The Morgan fingerprint density at radius 1 is 0.436 bits per heavy atom.